The van der Waals surface area contributed by atoms with Crippen molar-refractivity contribution in [3.05, 3.63) is 66.2 Å². The van der Waals surface area contributed by atoms with Crippen molar-refractivity contribution in [2.75, 3.05) is 25.6 Å². The lowest BCUT2D eigenvalue weighted by atomic mass is 10.2. The third-order valence-electron chi connectivity index (χ3n) is 3.96. The molecule has 3 rings (SSSR count). The molecule has 0 fully saturated rings. The first kappa shape index (κ1) is 17.7. The van der Waals surface area contributed by atoms with Gasteiger partial charge in [-0.15, -0.1) is 0 Å². The molecule has 1 aromatic carbocycles. The molecular formula is C20H22N4O2. The zero-order valence-electron chi connectivity index (χ0n) is 15.2. The molecule has 0 aliphatic carbocycles. The fourth-order valence-electron chi connectivity index (χ4n) is 2.50. The van der Waals surface area contributed by atoms with Crippen LogP contribution >= 0.6 is 0 Å². The number of methoxy groups -OCH3 is 1. The quantitative estimate of drug-likeness (QED) is 0.648. The summed E-state index contributed by atoms with van der Waals surface area (Å²) in [7, 11) is 3.65. The van der Waals surface area contributed by atoms with Crippen LogP contribution in [0, 0.1) is 6.92 Å². The van der Waals surface area contributed by atoms with E-state index in [9.17, 15) is 0 Å². The molecule has 0 aliphatic rings. The van der Waals surface area contributed by atoms with Gasteiger partial charge in [-0.25, -0.2) is 4.98 Å². The molecule has 0 amide bonds. The topological polar surface area (TPSA) is 60.4 Å². The molecule has 0 atom stereocenters. The minimum atomic E-state index is 0.522. The van der Waals surface area contributed by atoms with E-state index in [1.54, 1.807) is 7.11 Å². The van der Waals surface area contributed by atoms with E-state index >= 15 is 0 Å². The van der Waals surface area contributed by atoms with Gasteiger partial charge >= 0.3 is 0 Å². The first-order chi connectivity index (χ1) is 12.6. The fraction of sp³-hybridized carbons (Fsp3) is 0.250. The second-order valence-electron chi connectivity index (χ2n) is 5.92. The maximum absolute atomic E-state index is 5.87. The summed E-state index contributed by atoms with van der Waals surface area (Å²) in [6, 6.07) is 13.3. The summed E-state index contributed by atoms with van der Waals surface area (Å²) in [6.07, 6.45) is 4.53. The van der Waals surface area contributed by atoms with Crippen molar-refractivity contribution in [1.82, 2.24) is 15.0 Å². The summed E-state index contributed by atoms with van der Waals surface area (Å²) in [5.74, 6) is 3.51. The SMILES string of the molecule is COc1ccc(Oc2cc(N(C)CCc3ccncc3)nc(C)n2)cc1. The molecular weight excluding hydrogens is 328 g/mol. The monoisotopic (exact) mass is 350 g/mol. The van der Waals surface area contributed by atoms with Gasteiger partial charge in [-0.05, 0) is 55.3 Å². The van der Waals surface area contributed by atoms with E-state index < -0.39 is 0 Å². The molecule has 0 unspecified atom stereocenters. The van der Waals surface area contributed by atoms with Crippen LogP contribution in [0.5, 0.6) is 17.4 Å². The zero-order valence-corrected chi connectivity index (χ0v) is 15.2. The van der Waals surface area contributed by atoms with Crippen LogP contribution in [0.3, 0.4) is 0 Å². The number of nitrogens with zero attached hydrogens (tertiary/aromatic N) is 4. The number of pyridine rings is 1. The Kier molecular flexibility index (Phi) is 5.63. The van der Waals surface area contributed by atoms with E-state index in [4.69, 9.17) is 9.47 Å². The Hall–Kier alpha value is -3.15. The predicted octanol–water partition coefficient (Wildman–Crippen LogP) is 3.66. The first-order valence-corrected chi connectivity index (χ1v) is 8.41. The Morgan fingerprint density at radius 2 is 1.65 bits per heavy atom. The number of hydrogen-bond acceptors (Lipinski definition) is 6. The molecule has 3 aromatic rings. The van der Waals surface area contributed by atoms with Crippen LogP contribution in [-0.4, -0.2) is 35.7 Å². The highest BCUT2D eigenvalue weighted by molar-refractivity contribution is 5.43. The van der Waals surface area contributed by atoms with E-state index in [1.807, 2.05) is 68.8 Å². The minimum Gasteiger partial charge on any atom is -0.497 e. The Balaban J connectivity index is 1.69. The molecule has 0 aliphatic heterocycles. The lowest BCUT2D eigenvalue weighted by Crippen LogP contribution is -2.22. The van der Waals surface area contributed by atoms with Gasteiger partial charge in [0.2, 0.25) is 5.88 Å². The number of aromatic nitrogens is 3. The van der Waals surface area contributed by atoms with Gasteiger partial charge < -0.3 is 14.4 Å². The van der Waals surface area contributed by atoms with Gasteiger partial charge in [0.05, 0.1) is 7.11 Å². The van der Waals surface area contributed by atoms with Gasteiger partial charge in [0.15, 0.2) is 0 Å². The summed E-state index contributed by atoms with van der Waals surface area (Å²) in [4.78, 5) is 15.0. The van der Waals surface area contributed by atoms with Crippen LogP contribution in [-0.2, 0) is 6.42 Å². The lowest BCUT2D eigenvalue weighted by molar-refractivity contribution is 0.412. The van der Waals surface area contributed by atoms with E-state index in [2.05, 4.69) is 19.9 Å². The third-order valence-corrected chi connectivity index (χ3v) is 3.96. The van der Waals surface area contributed by atoms with Crippen LogP contribution in [0.2, 0.25) is 0 Å². The maximum atomic E-state index is 5.87. The van der Waals surface area contributed by atoms with E-state index in [0.717, 1.165) is 24.5 Å². The van der Waals surface area contributed by atoms with E-state index in [0.29, 0.717) is 17.5 Å². The van der Waals surface area contributed by atoms with Crippen molar-refractivity contribution >= 4 is 5.82 Å². The standard InChI is InChI=1S/C20H22N4O2/c1-15-22-19(24(2)13-10-16-8-11-21-12-9-16)14-20(23-15)26-18-6-4-17(25-3)5-7-18/h4-9,11-12,14H,10,13H2,1-3H3. The average Bonchev–Trinajstić information content (AvgIpc) is 2.67. The summed E-state index contributed by atoms with van der Waals surface area (Å²) in [6.45, 7) is 2.70. The highest BCUT2D eigenvalue weighted by Gasteiger charge is 2.09. The number of aryl methyl sites for hydroxylation is 1. The van der Waals surface area contributed by atoms with Crippen LogP contribution in [0.15, 0.2) is 54.9 Å². The van der Waals surface area contributed by atoms with Gasteiger partial charge in [-0.3, -0.25) is 4.98 Å². The molecule has 0 N–H and O–H groups in total. The highest BCUT2D eigenvalue weighted by atomic mass is 16.5. The van der Waals surface area contributed by atoms with Crippen molar-refractivity contribution in [1.29, 1.82) is 0 Å². The number of ether oxygens (including phenoxy) is 2. The summed E-state index contributed by atoms with van der Waals surface area (Å²) >= 11 is 0. The average molecular weight is 350 g/mol. The molecule has 26 heavy (non-hydrogen) atoms. The van der Waals surface area contributed by atoms with Crippen molar-refractivity contribution in [2.45, 2.75) is 13.3 Å². The molecule has 6 heteroatoms. The summed E-state index contributed by atoms with van der Waals surface area (Å²) in [5, 5.41) is 0. The second-order valence-corrected chi connectivity index (χ2v) is 5.92. The third kappa shape index (κ3) is 4.69. The Bertz CT molecular complexity index is 838. The normalized spacial score (nSPS) is 10.4. The molecule has 134 valence electrons. The van der Waals surface area contributed by atoms with Crippen molar-refractivity contribution in [2.24, 2.45) is 0 Å². The smallest absolute Gasteiger partial charge is 0.224 e. The van der Waals surface area contributed by atoms with Gasteiger partial charge in [0.25, 0.3) is 0 Å². The van der Waals surface area contributed by atoms with Crippen molar-refractivity contribution in [3.8, 4) is 17.4 Å². The number of rotatable bonds is 7. The number of anilines is 1. The van der Waals surface area contributed by atoms with Crippen LogP contribution in [0.4, 0.5) is 5.82 Å². The highest BCUT2D eigenvalue weighted by Crippen LogP contribution is 2.24. The Morgan fingerprint density at radius 3 is 2.35 bits per heavy atom. The lowest BCUT2D eigenvalue weighted by Gasteiger charge is -2.19. The Morgan fingerprint density at radius 1 is 0.962 bits per heavy atom. The van der Waals surface area contributed by atoms with Gasteiger partial charge in [0, 0.05) is 32.1 Å². The molecule has 0 saturated carbocycles. The second kappa shape index (κ2) is 8.29. The van der Waals surface area contributed by atoms with Crippen LogP contribution in [0.1, 0.15) is 11.4 Å². The summed E-state index contributed by atoms with van der Waals surface area (Å²) in [5.41, 5.74) is 1.24. The first-order valence-electron chi connectivity index (χ1n) is 8.41. The van der Waals surface area contributed by atoms with Crippen molar-refractivity contribution < 1.29 is 9.47 Å². The molecule has 2 heterocycles. The Labute approximate surface area is 153 Å². The molecule has 0 radical (unpaired) electrons. The molecule has 2 aromatic heterocycles. The molecule has 6 nitrogen and oxygen atoms in total. The van der Waals surface area contributed by atoms with Gasteiger partial charge in [0.1, 0.15) is 23.1 Å². The van der Waals surface area contributed by atoms with Crippen LogP contribution in [0.25, 0.3) is 0 Å². The molecule has 0 saturated heterocycles. The van der Waals surface area contributed by atoms with E-state index in [-0.39, 0.29) is 0 Å². The maximum Gasteiger partial charge on any atom is 0.224 e. The number of likely N-dealkylation sites (N-methyl/N-ethyl adjacent to an activating group) is 1. The van der Waals surface area contributed by atoms with Gasteiger partial charge in [-0.1, -0.05) is 0 Å². The minimum absolute atomic E-state index is 0.522. The zero-order chi connectivity index (χ0) is 18.4. The van der Waals surface area contributed by atoms with E-state index in [1.165, 1.54) is 5.56 Å². The predicted molar refractivity (Wildman–Crippen MR) is 101 cm³/mol. The van der Waals surface area contributed by atoms with Crippen LogP contribution < -0.4 is 14.4 Å². The summed E-state index contributed by atoms with van der Waals surface area (Å²) < 4.78 is 11.0. The fourth-order valence-corrected chi connectivity index (χ4v) is 2.50. The largest absolute Gasteiger partial charge is 0.497 e. The number of hydrogen-bond donors (Lipinski definition) is 0. The van der Waals surface area contributed by atoms with Gasteiger partial charge in [-0.2, -0.15) is 4.98 Å². The molecule has 0 bridgehead atoms. The number of benzene rings is 1. The molecule has 0 spiro atoms. The van der Waals surface area contributed by atoms with Crippen molar-refractivity contribution in [3.63, 3.8) is 0 Å².